The van der Waals surface area contributed by atoms with E-state index in [2.05, 4.69) is 9.71 Å². The Morgan fingerprint density at radius 3 is 2.87 bits per heavy atom. The average molecular weight is 246 g/mol. The van der Waals surface area contributed by atoms with Crippen LogP contribution < -0.4 is 4.72 Å². The summed E-state index contributed by atoms with van der Waals surface area (Å²) in [5.74, 6) is 0. The fraction of sp³-hybridized carbons (Fsp3) is 0.667. The molecule has 0 unspecified atom stereocenters. The predicted molar refractivity (Wildman–Crippen MR) is 60.3 cm³/mol. The Bertz CT molecular complexity index is 435. The summed E-state index contributed by atoms with van der Waals surface area (Å²) in [5, 5.41) is 2.81. The Labute approximate surface area is 93.8 Å². The first-order chi connectivity index (χ1) is 7.12. The number of sulfonamides is 1. The van der Waals surface area contributed by atoms with Crippen LogP contribution in [0.2, 0.25) is 0 Å². The van der Waals surface area contributed by atoms with Crippen molar-refractivity contribution in [3.8, 4) is 0 Å². The van der Waals surface area contributed by atoms with Gasteiger partial charge in [0.2, 0.25) is 10.0 Å². The van der Waals surface area contributed by atoms with Crippen LogP contribution in [0.1, 0.15) is 30.5 Å². The SMILES string of the molecule is CCc1nc(CNS(=O)(=O)C2CC2)cs1. The number of hydrogen-bond acceptors (Lipinski definition) is 4. The summed E-state index contributed by atoms with van der Waals surface area (Å²) in [5.41, 5.74) is 0.820. The first-order valence-electron chi connectivity index (χ1n) is 5.03. The molecule has 0 radical (unpaired) electrons. The summed E-state index contributed by atoms with van der Waals surface area (Å²) in [7, 11) is -3.07. The van der Waals surface area contributed by atoms with Crippen LogP contribution in [-0.4, -0.2) is 18.7 Å². The van der Waals surface area contributed by atoms with Gasteiger partial charge in [-0.3, -0.25) is 0 Å². The molecule has 6 heteroatoms. The monoisotopic (exact) mass is 246 g/mol. The van der Waals surface area contributed by atoms with E-state index in [1.807, 2.05) is 12.3 Å². The molecule has 1 aliphatic carbocycles. The minimum absolute atomic E-state index is 0.151. The van der Waals surface area contributed by atoms with Crippen LogP contribution in [0.3, 0.4) is 0 Å². The number of aryl methyl sites for hydroxylation is 1. The molecule has 0 atom stereocenters. The lowest BCUT2D eigenvalue weighted by Crippen LogP contribution is -2.26. The molecule has 2 rings (SSSR count). The van der Waals surface area contributed by atoms with Gasteiger partial charge in [-0.1, -0.05) is 6.92 Å². The van der Waals surface area contributed by atoms with Gasteiger partial charge in [-0.05, 0) is 19.3 Å². The van der Waals surface area contributed by atoms with E-state index in [0.717, 1.165) is 30.0 Å². The van der Waals surface area contributed by atoms with Crippen molar-refractivity contribution in [1.29, 1.82) is 0 Å². The van der Waals surface area contributed by atoms with Crippen LogP contribution in [0.5, 0.6) is 0 Å². The van der Waals surface area contributed by atoms with Gasteiger partial charge in [0.05, 0.1) is 22.5 Å². The molecule has 1 aliphatic rings. The molecule has 1 aromatic rings. The lowest BCUT2D eigenvalue weighted by atomic mass is 10.5. The first-order valence-corrected chi connectivity index (χ1v) is 7.46. The molecule has 0 aromatic carbocycles. The zero-order chi connectivity index (χ0) is 10.9. The smallest absolute Gasteiger partial charge is 0.214 e. The number of aromatic nitrogens is 1. The van der Waals surface area contributed by atoms with Crippen molar-refractivity contribution in [1.82, 2.24) is 9.71 Å². The number of nitrogens with zero attached hydrogens (tertiary/aromatic N) is 1. The molecule has 84 valence electrons. The van der Waals surface area contributed by atoms with E-state index in [0.29, 0.717) is 6.54 Å². The maximum absolute atomic E-state index is 11.5. The van der Waals surface area contributed by atoms with Gasteiger partial charge >= 0.3 is 0 Å². The van der Waals surface area contributed by atoms with Crippen LogP contribution in [-0.2, 0) is 23.0 Å². The molecular formula is C9H14N2O2S2. The Morgan fingerprint density at radius 1 is 1.60 bits per heavy atom. The molecule has 15 heavy (non-hydrogen) atoms. The summed E-state index contributed by atoms with van der Waals surface area (Å²) >= 11 is 1.58. The van der Waals surface area contributed by atoms with Crippen LogP contribution in [0, 0.1) is 0 Å². The van der Waals surface area contributed by atoms with E-state index < -0.39 is 10.0 Å². The second-order valence-electron chi connectivity index (χ2n) is 3.65. The number of hydrogen-bond donors (Lipinski definition) is 1. The highest BCUT2D eigenvalue weighted by Gasteiger charge is 2.35. The Balaban J connectivity index is 1.92. The number of rotatable bonds is 5. The Kier molecular flexibility index (Phi) is 3.08. The van der Waals surface area contributed by atoms with Crippen molar-refractivity contribution >= 4 is 21.4 Å². The molecule has 0 spiro atoms. The largest absolute Gasteiger partial charge is 0.245 e. The molecule has 0 bridgehead atoms. The molecule has 1 aromatic heterocycles. The fourth-order valence-electron chi connectivity index (χ4n) is 1.26. The minimum atomic E-state index is -3.07. The summed E-state index contributed by atoms with van der Waals surface area (Å²) in [6.07, 6.45) is 2.50. The van der Waals surface area contributed by atoms with Gasteiger partial charge in [-0.25, -0.2) is 18.1 Å². The highest BCUT2D eigenvalue weighted by atomic mass is 32.2. The molecule has 1 N–H and O–H groups in total. The van der Waals surface area contributed by atoms with Crippen molar-refractivity contribution < 1.29 is 8.42 Å². The average Bonchev–Trinajstić information content (AvgIpc) is 2.96. The van der Waals surface area contributed by atoms with Gasteiger partial charge in [0.25, 0.3) is 0 Å². The normalized spacial score (nSPS) is 16.9. The molecule has 1 heterocycles. The van der Waals surface area contributed by atoms with E-state index in [1.54, 1.807) is 11.3 Å². The number of thiazole rings is 1. The van der Waals surface area contributed by atoms with Gasteiger partial charge in [-0.2, -0.15) is 0 Å². The van der Waals surface area contributed by atoms with Gasteiger partial charge in [0, 0.05) is 5.38 Å². The van der Waals surface area contributed by atoms with Crippen molar-refractivity contribution in [2.24, 2.45) is 0 Å². The highest BCUT2D eigenvalue weighted by molar-refractivity contribution is 7.90. The van der Waals surface area contributed by atoms with Crippen LogP contribution in [0.4, 0.5) is 0 Å². The summed E-state index contributed by atoms with van der Waals surface area (Å²) in [4.78, 5) is 4.30. The second kappa shape index (κ2) is 4.19. The van der Waals surface area contributed by atoms with Gasteiger partial charge < -0.3 is 0 Å². The molecule has 0 aliphatic heterocycles. The van der Waals surface area contributed by atoms with Crippen molar-refractivity contribution in [2.45, 2.75) is 38.0 Å². The zero-order valence-electron chi connectivity index (χ0n) is 8.56. The third-order valence-corrected chi connectivity index (χ3v) is 5.26. The van der Waals surface area contributed by atoms with Crippen molar-refractivity contribution in [3.05, 3.63) is 16.1 Å². The van der Waals surface area contributed by atoms with E-state index in [1.165, 1.54) is 0 Å². The van der Waals surface area contributed by atoms with Crippen LogP contribution in [0.25, 0.3) is 0 Å². The topological polar surface area (TPSA) is 59.1 Å². The summed E-state index contributed by atoms with van der Waals surface area (Å²) in [6.45, 7) is 2.37. The predicted octanol–water partition coefficient (Wildman–Crippen LogP) is 1.29. The van der Waals surface area contributed by atoms with Crippen LogP contribution in [0.15, 0.2) is 5.38 Å². The molecule has 4 nitrogen and oxygen atoms in total. The maximum Gasteiger partial charge on any atom is 0.214 e. The van der Waals surface area contributed by atoms with E-state index >= 15 is 0 Å². The van der Waals surface area contributed by atoms with Crippen molar-refractivity contribution in [3.63, 3.8) is 0 Å². The Hall–Kier alpha value is -0.460. The fourth-order valence-corrected chi connectivity index (χ4v) is 3.35. The first kappa shape index (κ1) is 11.0. The summed E-state index contributed by atoms with van der Waals surface area (Å²) < 4.78 is 25.6. The third-order valence-electron chi connectivity index (χ3n) is 2.32. The quantitative estimate of drug-likeness (QED) is 0.851. The lowest BCUT2D eigenvalue weighted by Gasteiger charge is -2.02. The van der Waals surface area contributed by atoms with Crippen molar-refractivity contribution in [2.75, 3.05) is 0 Å². The van der Waals surface area contributed by atoms with Gasteiger partial charge in [0.15, 0.2) is 0 Å². The zero-order valence-corrected chi connectivity index (χ0v) is 10.2. The van der Waals surface area contributed by atoms with E-state index in [9.17, 15) is 8.42 Å². The molecular weight excluding hydrogens is 232 g/mol. The molecule has 0 amide bonds. The van der Waals surface area contributed by atoms with E-state index in [-0.39, 0.29) is 5.25 Å². The minimum Gasteiger partial charge on any atom is -0.245 e. The van der Waals surface area contributed by atoms with Crippen LogP contribution >= 0.6 is 11.3 Å². The highest BCUT2D eigenvalue weighted by Crippen LogP contribution is 2.27. The molecule has 1 fully saturated rings. The third kappa shape index (κ3) is 2.76. The van der Waals surface area contributed by atoms with Gasteiger partial charge in [-0.15, -0.1) is 11.3 Å². The number of nitrogens with one attached hydrogen (secondary N) is 1. The van der Waals surface area contributed by atoms with E-state index in [4.69, 9.17) is 0 Å². The molecule has 1 saturated carbocycles. The maximum atomic E-state index is 11.5. The van der Waals surface area contributed by atoms with Gasteiger partial charge in [0.1, 0.15) is 0 Å². The standard InChI is InChI=1S/C9H14N2O2S2/c1-2-9-11-7(6-14-9)5-10-15(12,13)8-3-4-8/h6,8,10H,2-5H2,1H3. The second-order valence-corrected chi connectivity index (χ2v) is 6.64. The lowest BCUT2D eigenvalue weighted by molar-refractivity contribution is 0.579. The Morgan fingerprint density at radius 2 is 2.33 bits per heavy atom. The molecule has 0 saturated heterocycles. The summed E-state index contributed by atoms with van der Waals surface area (Å²) in [6, 6.07) is 0.